The number of rotatable bonds is 3. The molecule has 3 saturated heterocycles. The van der Waals surface area contributed by atoms with Gasteiger partial charge in [0.15, 0.2) is 0 Å². The largest absolute Gasteiger partial charge is 0.392 e. The smallest absolute Gasteiger partial charge is 0.233 e. The van der Waals surface area contributed by atoms with Crippen molar-refractivity contribution >= 4 is 23.1 Å². The SMILES string of the molecule is NC(=S)C1(C(=O)NC2CC3CCC2O3)CCOCC1. The van der Waals surface area contributed by atoms with Crippen molar-refractivity contribution in [3.8, 4) is 0 Å². The minimum atomic E-state index is -0.727. The molecule has 0 spiro atoms. The van der Waals surface area contributed by atoms with E-state index < -0.39 is 5.41 Å². The quantitative estimate of drug-likeness (QED) is 0.739. The Balaban J connectivity index is 1.69. The molecule has 3 rings (SSSR count). The zero-order chi connectivity index (χ0) is 13.5. The summed E-state index contributed by atoms with van der Waals surface area (Å²) in [5, 5.41) is 3.12. The van der Waals surface area contributed by atoms with Gasteiger partial charge in [0.1, 0.15) is 5.41 Å². The van der Waals surface area contributed by atoms with Crippen LogP contribution in [0.25, 0.3) is 0 Å². The Morgan fingerprint density at radius 2 is 2.05 bits per heavy atom. The molecular formula is C13H20N2O3S. The molecular weight excluding hydrogens is 264 g/mol. The highest BCUT2D eigenvalue weighted by atomic mass is 32.1. The zero-order valence-corrected chi connectivity index (χ0v) is 11.7. The van der Waals surface area contributed by atoms with E-state index in [9.17, 15) is 4.79 Å². The Labute approximate surface area is 118 Å². The predicted molar refractivity (Wildman–Crippen MR) is 73.7 cm³/mol. The maximum atomic E-state index is 12.6. The summed E-state index contributed by atoms with van der Waals surface area (Å²) >= 11 is 5.14. The van der Waals surface area contributed by atoms with E-state index in [0.29, 0.717) is 32.2 Å². The molecule has 2 bridgehead atoms. The Morgan fingerprint density at radius 3 is 2.58 bits per heavy atom. The third kappa shape index (κ3) is 2.26. The van der Waals surface area contributed by atoms with Crippen LogP contribution in [0.3, 0.4) is 0 Å². The summed E-state index contributed by atoms with van der Waals surface area (Å²) in [7, 11) is 0. The number of fused-ring (bicyclic) bond motifs is 2. The van der Waals surface area contributed by atoms with E-state index in [4.69, 9.17) is 27.4 Å². The van der Waals surface area contributed by atoms with Crippen LogP contribution in [-0.4, -0.2) is 42.4 Å². The van der Waals surface area contributed by atoms with Crippen molar-refractivity contribution in [3.05, 3.63) is 0 Å². The lowest BCUT2D eigenvalue weighted by Gasteiger charge is -2.36. The lowest BCUT2D eigenvalue weighted by molar-refractivity contribution is -0.132. The van der Waals surface area contributed by atoms with Crippen molar-refractivity contribution in [2.75, 3.05) is 13.2 Å². The number of nitrogens with one attached hydrogen (secondary N) is 1. The van der Waals surface area contributed by atoms with Gasteiger partial charge in [0.05, 0.1) is 23.2 Å². The van der Waals surface area contributed by atoms with Gasteiger partial charge in [0, 0.05) is 13.2 Å². The molecule has 3 aliphatic rings. The fraction of sp³-hybridized carbons (Fsp3) is 0.846. The van der Waals surface area contributed by atoms with Gasteiger partial charge in [0.25, 0.3) is 0 Å². The van der Waals surface area contributed by atoms with E-state index >= 15 is 0 Å². The number of ether oxygens (including phenoxy) is 2. The maximum Gasteiger partial charge on any atom is 0.233 e. The number of thiocarbonyl (C=S) groups is 1. The summed E-state index contributed by atoms with van der Waals surface area (Å²) in [4.78, 5) is 12.9. The molecule has 3 heterocycles. The van der Waals surface area contributed by atoms with Gasteiger partial charge in [0.2, 0.25) is 5.91 Å². The first kappa shape index (κ1) is 13.3. The van der Waals surface area contributed by atoms with Crippen LogP contribution in [-0.2, 0) is 14.3 Å². The fourth-order valence-electron chi connectivity index (χ4n) is 3.40. The normalized spacial score (nSPS) is 36.1. The lowest BCUT2D eigenvalue weighted by atomic mass is 9.78. The van der Waals surface area contributed by atoms with Crippen molar-refractivity contribution < 1.29 is 14.3 Å². The maximum absolute atomic E-state index is 12.6. The third-order valence-corrected chi connectivity index (χ3v) is 5.07. The van der Waals surface area contributed by atoms with Crippen LogP contribution in [0.5, 0.6) is 0 Å². The van der Waals surface area contributed by atoms with Crippen LogP contribution in [0.2, 0.25) is 0 Å². The van der Waals surface area contributed by atoms with Gasteiger partial charge in [-0.1, -0.05) is 12.2 Å². The number of carbonyl (C=O) groups excluding carboxylic acids is 1. The molecule has 1 amide bonds. The highest BCUT2D eigenvalue weighted by molar-refractivity contribution is 7.80. The first-order chi connectivity index (χ1) is 9.12. The highest BCUT2D eigenvalue weighted by Gasteiger charge is 2.47. The standard InChI is InChI=1S/C13H20N2O3S/c14-11(19)13(3-5-17-6-4-13)12(16)15-9-7-8-1-2-10(9)18-8/h8-10H,1-7H2,(H2,14,19)(H,15,16). The van der Waals surface area contributed by atoms with Gasteiger partial charge in [-0.3, -0.25) is 4.79 Å². The average molecular weight is 284 g/mol. The van der Waals surface area contributed by atoms with E-state index in [1.807, 2.05) is 0 Å². The van der Waals surface area contributed by atoms with Crippen molar-refractivity contribution in [2.45, 2.75) is 50.4 Å². The summed E-state index contributed by atoms with van der Waals surface area (Å²) in [5.41, 5.74) is 5.11. The van der Waals surface area contributed by atoms with Crippen molar-refractivity contribution in [1.29, 1.82) is 0 Å². The molecule has 3 aliphatic heterocycles. The van der Waals surface area contributed by atoms with Gasteiger partial charge in [-0.2, -0.15) is 0 Å². The average Bonchev–Trinajstić information content (AvgIpc) is 3.01. The van der Waals surface area contributed by atoms with Crippen LogP contribution in [0, 0.1) is 5.41 Å². The van der Waals surface area contributed by atoms with Gasteiger partial charge >= 0.3 is 0 Å². The van der Waals surface area contributed by atoms with Crippen LogP contribution >= 0.6 is 12.2 Å². The van der Waals surface area contributed by atoms with E-state index in [-0.39, 0.29) is 23.0 Å². The summed E-state index contributed by atoms with van der Waals surface area (Å²) < 4.78 is 11.1. The third-order valence-electron chi connectivity index (χ3n) is 4.68. The minimum absolute atomic E-state index is 0.0375. The van der Waals surface area contributed by atoms with E-state index in [2.05, 4.69) is 5.32 Å². The molecule has 3 unspecified atom stereocenters. The van der Waals surface area contributed by atoms with Gasteiger partial charge in [-0.15, -0.1) is 0 Å². The van der Waals surface area contributed by atoms with Crippen molar-refractivity contribution in [2.24, 2.45) is 11.1 Å². The molecule has 5 nitrogen and oxygen atoms in total. The fourth-order valence-corrected chi connectivity index (χ4v) is 3.70. The molecule has 0 aromatic rings. The van der Waals surface area contributed by atoms with Gasteiger partial charge in [-0.05, 0) is 32.1 Å². The summed E-state index contributed by atoms with van der Waals surface area (Å²) in [6, 6.07) is 0.125. The van der Waals surface area contributed by atoms with Crippen LogP contribution in [0.1, 0.15) is 32.1 Å². The van der Waals surface area contributed by atoms with Crippen molar-refractivity contribution in [1.82, 2.24) is 5.32 Å². The predicted octanol–water partition coefficient (Wildman–Crippen LogP) is 0.505. The molecule has 0 aromatic heterocycles. The van der Waals surface area contributed by atoms with E-state index in [1.165, 1.54) is 0 Å². The molecule has 0 aliphatic carbocycles. The van der Waals surface area contributed by atoms with Gasteiger partial charge in [-0.25, -0.2) is 0 Å². The second-order valence-corrected chi connectivity index (χ2v) is 6.19. The number of hydrogen-bond donors (Lipinski definition) is 2. The van der Waals surface area contributed by atoms with Crippen LogP contribution < -0.4 is 11.1 Å². The number of nitrogens with two attached hydrogens (primary N) is 1. The Morgan fingerprint density at radius 1 is 1.32 bits per heavy atom. The highest BCUT2D eigenvalue weighted by Crippen LogP contribution is 2.36. The summed E-state index contributed by atoms with van der Waals surface area (Å²) in [6.07, 6.45) is 4.73. The lowest BCUT2D eigenvalue weighted by Crippen LogP contribution is -2.55. The number of hydrogen-bond acceptors (Lipinski definition) is 4. The van der Waals surface area contributed by atoms with E-state index in [1.54, 1.807) is 0 Å². The Kier molecular flexibility index (Phi) is 3.49. The van der Waals surface area contributed by atoms with E-state index in [0.717, 1.165) is 19.3 Å². The molecule has 0 aromatic carbocycles. The van der Waals surface area contributed by atoms with Crippen molar-refractivity contribution in [3.63, 3.8) is 0 Å². The summed E-state index contributed by atoms with van der Waals surface area (Å²) in [5.74, 6) is -0.0375. The molecule has 3 N–H and O–H groups in total. The minimum Gasteiger partial charge on any atom is -0.392 e. The second-order valence-electron chi connectivity index (χ2n) is 5.75. The monoisotopic (exact) mass is 284 g/mol. The molecule has 0 saturated carbocycles. The first-order valence-corrected chi connectivity index (χ1v) is 7.37. The molecule has 106 valence electrons. The Bertz CT molecular complexity index is 395. The Hall–Kier alpha value is -0.720. The molecule has 0 radical (unpaired) electrons. The second kappa shape index (κ2) is 5.00. The molecule has 3 atom stereocenters. The summed E-state index contributed by atoms with van der Waals surface area (Å²) in [6.45, 7) is 1.08. The number of carbonyl (C=O) groups is 1. The molecule has 6 heteroatoms. The molecule has 3 fully saturated rings. The van der Waals surface area contributed by atoms with Gasteiger partial charge < -0.3 is 20.5 Å². The first-order valence-electron chi connectivity index (χ1n) is 6.96. The van der Waals surface area contributed by atoms with Crippen LogP contribution in [0.15, 0.2) is 0 Å². The molecule has 19 heavy (non-hydrogen) atoms. The zero-order valence-electron chi connectivity index (χ0n) is 10.9. The number of amides is 1. The van der Waals surface area contributed by atoms with Crippen LogP contribution in [0.4, 0.5) is 0 Å². The topological polar surface area (TPSA) is 73.6 Å².